The molecule has 0 radical (unpaired) electrons. The van der Waals surface area contributed by atoms with Crippen molar-refractivity contribution in [3.05, 3.63) is 51.5 Å². The first-order valence-electron chi connectivity index (χ1n) is 7.79. The first-order valence-corrected chi connectivity index (χ1v) is 9.15. The van der Waals surface area contributed by atoms with Crippen LogP contribution < -0.4 is 14.8 Å². The number of hydrogen-bond donors (Lipinski definition) is 1. The Labute approximate surface area is 158 Å². The van der Waals surface area contributed by atoms with Crippen LogP contribution in [0.15, 0.2) is 41.3 Å². The Balaban J connectivity index is 1.59. The number of ether oxygens (including phenoxy) is 2. The van der Waals surface area contributed by atoms with E-state index in [1.807, 2.05) is 18.2 Å². The number of amides is 1. The number of fused-ring (bicyclic) bond motifs is 1. The molecule has 0 aromatic heterocycles. The first-order chi connectivity index (χ1) is 12.5. The number of nitrogens with zero attached hydrogens (tertiary/aromatic N) is 1. The van der Waals surface area contributed by atoms with E-state index < -0.39 is 4.92 Å². The minimum absolute atomic E-state index is 0.119. The van der Waals surface area contributed by atoms with E-state index in [0.717, 1.165) is 11.3 Å². The van der Waals surface area contributed by atoms with Gasteiger partial charge in [-0.3, -0.25) is 14.9 Å². The molecule has 136 valence electrons. The smallest absolute Gasteiger partial charge is 0.271 e. The third kappa shape index (κ3) is 4.59. The average Bonchev–Trinajstić information content (AvgIpc) is 2.86. The van der Waals surface area contributed by atoms with Crippen molar-refractivity contribution in [2.45, 2.75) is 11.3 Å². The SMILES string of the molecule is O=C(CSc1ccc2c(c1)OCCCO2)Nc1ccc([N+](=O)[O-])cc1Cl. The summed E-state index contributed by atoms with van der Waals surface area (Å²) in [6.45, 7) is 1.22. The highest BCUT2D eigenvalue weighted by Crippen LogP contribution is 2.34. The highest BCUT2D eigenvalue weighted by atomic mass is 35.5. The van der Waals surface area contributed by atoms with Gasteiger partial charge in [0, 0.05) is 23.4 Å². The van der Waals surface area contributed by atoms with Crippen LogP contribution in [0.25, 0.3) is 0 Å². The van der Waals surface area contributed by atoms with Gasteiger partial charge in [0.05, 0.1) is 34.6 Å². The lowest BCUT2D eigenvalue weighted by molar-refractivity contribution is -0.384. The van der Waals surface area contributed by atoms with Crippen molar-refractivity contribution in [2.75, 3.05) is 24.3 Å². The molecule has 0 aliphatic carbocycles. The average molecular weight is 395 g/mol. The topological polar surface area (TPSA) is 90.7 Å². The molecule has 1 amide bonds. The second kappa shape index (κ2) is 8.29. The molecular formula is C17H15ClN2O5S. The van der Waals surface area contributed by atoms with Crippen LogP contribution in [0.1, 0.15) is 6.42 Å². The normalized spacial score (nSPS) is 13.0. The highest BCUT2D eigenvalue weighted by Gasteiger charge is 2.14. The van der Waals surface area contributed by atoms with Crippen molar-refractivity contribution < 1.29 is 19.2 Å². The summed E-state index contributed by atoms with van der Waals surface area (Å²) >= 11 is 7.32. The number of carbonyl (C=O) groups excluding carboxylic acids is 1. The van der Waals surface area contributed by atoms with Crippen molar-refractivity contribution in [3.8, 4) is 11.5 Å². The van der Waals surface area contributed by atoms with Crippen LogP contribution >= 0.6 is 23.4 Å². The van der Waals surface area contributed by atoms with Gasteiger partial charge < -0.3 is 14.8 Å². The Hall–Kier alpha value is -2.45. The van der Waals surface area contributed by atoms with Crippen LogP contribution in [0.5, 0.6) is 11.5 Å². The number of non-ortho nitro benzene ring substituents is 1. The molecule has 1 N–H and O–H groups in total. The zero-order chi connectivity index (χ0) is 18.5. The number of rotatable bonds is 5. The van der Waals surface area contributed by atoms with E-state index in [9.17, 15) is 14.9 Å². The lowest BCUT2D eigenvalue weighted by Gasteiger charge is -2.10. The predicted molar refractivity (Wildman–Crippen MR) is 99.5 cm³/mol. The van der Waals surface area contributed by atoms with Gasteiger partial charge in [0.15, 0.2) is 11.5 Å². The lowest BCUT2D eigenvalue weighted by Crippen LogP contribution is -2.14. The molecule has 0 unspecified atom stereocenters. The van der Waals surface area contributed by atoms with Gasteiger partial charge in [-0.1, -0.05) is 11.6 Å². The molecule has 2 aromatic rings. The third-order valence-electron chi connectivity index (χ3n) is 3.53. The van der Waals surface area contributed by atoms with Gasteiger partial charge in [-0.25, -0.2) is 0 Å². The molecule has 0 saturated heterocycles. The quantitative estimate of drug-likeness (QED) is 0.465. The summed E-state index contributed by atoms with van der Waals surface area (Å²) in [6, 6.07) is 9.44. The second-order valence-corrected chi connectivity index (χ2v) is 6.87. The Kier molecular flexibility index (Phi) is 5.85. The van der Waals surface area contributed by atoms with E-state index >= 15 is 0 Å². The van der Waals surface area contributed by atoms with Crippen LogP contribution in [-0.2, 0) is 4.79 Å². The third-order valence-corrected chi connectivity index (χ3v) is 4.83. The molecule has 9 heteroatoms. The number of carbonyl (C=O) groups is 1. The fraction of sp³-hybridized carbons (Fsp3) is 0.235. The standard InChI is InChI=1S/C17H15ClN2O5S/c18-13-8-11(20(22)23)2-4-14(13)19-17(21)10-26-12-3-5-15-16(9-12)25-7-1-6-24-15/h2-5,8-9H,1,6-7,10H2,(H,19,21). The van der Waals surface area contributed by atoms with Crippen molar-refractivity contribution >= 4 is 40.6 Å². The Morgan fingerprint density at radius 2 is 1.96 bits per heavy atom. The van der Waals surface area contributed by atoms with Crippen molar-refractivity contribution in [1.82, 2.24) is 0 Å². The van der Waals surface area contributed by atoms with Gasteiger partial charge >= 0.3 is 0 Å². The zero-order valence-corrected chi connectivity index (χ0v) is 15.1. The zero-order valence-electron chi connectivity index (χ0n) is 13.6. The molecule has 1 aliphatic rings. The van der Waals surface area contributed by atoms with Crippen LogP contribution in [-0.4, -0.2) is 29.8 Å². The summed E-state index contributed by atoms with van der Waals surface area (Å²) in [6.07, 6.45) is 0.829. The molecular weight excluding hydrogens is 380 g/mol. The van der Waals surface area contributed by atoms with Crippen molar-refractivity contribution in [3.63, 3.8) is 0 Å². The summed E-state index contributed by atoms with van der Waals surface area (Å²) in [5, 5.41) is 13.5. The fourth-order valence-corrected chi connectivity index (χ4v) is 3.23. The first kappa shape index (κ1) is 18.3. The molecule has 3 rings (SSSR count). The van der Waals surface area contributed by atoms with Crippen LogP contribution in [0, 0.1) is 10.1 Å². The number of nitro groups is 1. The van der Waals surface area contributed by atoms with E-state index in [1.54, 1.807) is 0 Å². The number of benzene rings is 2. The molecule has 26 heavy (non-hydrogen) atoms. The number of thioether (sulfide) groups is 1. The maximum absolute atomic E-state index is 12.1. The molecule has 0 spiro atoms. The fourth-order valence-electron chi connectivity index (χ4n) is 2.29. The summed E-state index contributed by atoms with van der Waals surface area (Å²) in [7, 11) is 0. The molecule has 0 saturated carbocycles. The van der Waals surface area contributed by atoms with E-state index in [-0.39, 0.29) is 22.4 Å². The number of nitrogens with one attached hydrogen (secondary N) is 1. The molecule has 2 aromatic carbocycles. The molecule has 0 atom stereocenters. The Morgan fingerprint density at radius 1 is 1.19 bits per heavy atom. The number of nitro benzene ring substituents is 1. The molecule has 1 aliphatic heterocycles. The van der Waals surface area contributed by atoms with Crippen LogP contribution in [0.4, 0.5) is 11.4 Å². The lowest BCUT2D eigenvalue weighted by atomic mass is 10.3. The van der Waals surface area contributed by atoms with E-state index in [1.165, 1.54) is 30.0 Å². The Morgan fingerprint density at radius 3 is 2.69 bits per heavy atom. The van der Waals surface area contributed by atoms with E-state index in [4.69, 9.17) is 21.1 Å². The monoisotopic (exact) mass is 394 g/mol. The highest BCUT2D eigenvalue weighted by molar-refractivity contribution is 8.00. The summed E-state index contributed by atoms with van der Waals surface area (Å²) in [5.41, 5.74) is 0.205. The molecule has 1 heterocycles. The number of hydrogen-bond acceptors (Lipinski definition) is 6. The van der Waals surface area contributed by atoms with Crippen LogP contribution in [0.2, 0.25) is 5.02 Å². The maximum atomic E-state index is 12.1. The summed E-state index contributed by atoms with van der Waals surface area (Å²) in [5.74, 6) is 1.27. The molecule has 0 fully saturated rings. The van der Waals surface area contributed by atoms with Crippen molar-refractivity contribution in [2.24, 2.45) is 0 Å². The largest absolute Gasteiger partial charge is 0.490 e. The van der Waals surface area contributed by atoms with Gasteiger partial charge in [-0.2, -0.15) is 0 Å². The maximum Gasteiger partial charge on any atom is 0.271 e. The minimum atomic E-state index is -0.544. The van der Waals surface area contributed by atoms with Crippen LogP contribution in [0.3, 0.4) is 0 Å². The summed E-state index contributed by atoms with van der Waals surface area (Å²) < 4.78 is 11.2. The summed E-state index contributed by atoms with van der Waals surface area (Å²) in [4.78, 5) is 23.2. The van der Waals surface area contributed by atoms with Gasteiger partial charge in [0.1, 0.15) is 0 Å². The van der Waals surface area contributed by atoms with Gasteiger partial charge in [0.25, 0.3) is 5.69 Å². The van der Waals surface area contributed by atoms with E-state index in [2.05, 4.69) is 5.32 Å². The van der Waals surface area contributed by atoms with Gasteiger partial charge in [0.2, 0.25) is 5.91 Å². The van der Waals surface area contributed by atoms with Gasteiger partial charge in [-0.15, -0.1) is 11.8 Å². The van der Waals surface area contributed by atoms with Gasteiger partial charge in [-0.05, 0) is 24.3 Å². The molecule has 7 nitrogen and oxygen atoms in total. The predicted octanol–water partition coefficient (Wildman–Crippen LogP) is 4.14. The number of halogens is 1. The second-order valence-electron chi connectivity index (χ2n) is 5.42. The van der Waals surface area contributed by atoms with Crippen molar-refractivity contribution in [1.29, 1.82) is 0 Å². The Bertz CT molecular complexity index is 846. The molecule has 0 bridgehead atoms. The number of anilines is 1. The van der Waals surface area contributed by atoms with E-state index in [0.29, 0.717) is 30.4 Å². The minimum Gasteiger partial charge on any atom is -0.490 e.